The Bertz CT molecular complexity index is 1380. The fraction of sp³-hybridized carbons (Fsp3) is 0.0769. The first-order valence-corrected chi connectivity index (χ1v) is 11.5. The van der Waals surface area contributed by atoms with E-state index in [2.05, 4.69) is 31.8 Å². The molecule has 0 spiro atoms. The van der Waals surface area contributed by atoms with Gasteiger partial charge < -0.3 is 10.1 Å². The molecule has 4 rings (SSSR count). The Morgan fingerprint density at radius 3 is 2.57 bits per heavy atom. The predicted molar refractivity (Wildman–Crippen MR) is 140 cm³/mol. The number of anilines is 1. The van der Waals surface area contributed by atoms with Crippen molar-refractivity contribution in [3.8, 4) is 5.75 Å². The van der Waals surface area contributed by atoms with Crippen LogP contribution in [0.1, 0.15) is 11.1 Å². The maximum atomic E-state index is 12.2. The van der Waals surface area contributed by atoms with Crippen molar-refractivity contribution in [2.45, 2.75) is 6.61 Å². The van der Waals surface area contributed by atoms with Crippen LogP contribution in [0.15, 0.2) is 94.5 Å². The second-order valence-electron chi connectivity index (χ2n) is 7.58. The number of rotatable bonds is 9. The normalized spacial score (nSPS) is 10.9. The molecular weight excluding hydrogens is 512 g/mol. The summed E-state index contributed by atoms with van der Waals surface area (Å²) < 4.78 is 6.50. The first-order chi connectivity index (χ1) is 17.0. The second-order valence-corrected chi connectivity index (χ2v) is 8.43. The number of halogens is 1. The van der Waals surface area contributed by atoms with Gasteiger partial charge in [0.25, 0.3) is 11.6 Å². The molecule has 9 heteroatoms. The fourth-order valence-electron chi connectivity index (χ4n) is 3.36. The molecule has 4 aromatic carbocycles. The van der Waals surface area contributed by atoms with Crippen molar-refractivity contribution in [1.29, 1.82) is 0 Å². The van der Waals surface area contributed by atoms with Crippen LogP contribution in [-0.2, 0) is 11.4 Å². The molecule has 0 aliphatic rings. The van der Waals surface area contributed by atoms with E-state index in [9.17, 15) is 14.9 Å². The molecular formula is C26H21BrN4O4. The average Bonchev–Trinajstić information content (AvgIpc) is 2.87. The van der Waals surface area contributed by atoms with E-state index in [0.29, 0.717) is 10.2 Å². The summed E-state index contributed by atoms with van der Waals surface area (Å²) >= 11 is 3.47. The monoisotopic (exact) mass is 532 g/mol. The lowest BCUT2D eigenvalue weighted by atomic mass is 10.1. The number of nitro groups is 1. The molecule has 2 N–H and O–H groups in total. The Morgan fingerprint density at radius 2 is 1.80 bits per heavy atom. The van der Waals surface area contributed by atoms with Crippen molar-refractivity contribution < 1.29 is 14.5 Å². The van der Waals surface area contributed by atoms with Crippen molar-refractivity contribution >= 4 is 50.2 Å². The van der Waals surface area contributed by atoms with Crippen LogP contribution in [0.25, 0.3) is 10.8 Å². The van der Waals surface area contributed by atoms with Crippen LogP contribution in [-0.4, -0.2) is 23.6 Å². The molecule has 0 aliphatic heterocycles. The molecule has 0 saturated carbocycles. The largest absolute Gasteiger partial charge is 0.488 e. The van der Waals surface area contributed by atoms with E-state index in [4.69, 9.17) is 4.74 Å². The van der Waals surface area contributed by atoms with Gasteiger partial charge in [-0.3, -0.25) is 14.9 Å². The smallest absolute Gasteiger partial charge is 0.269 e. The summed E-state index contributed by atoms with van der Waals surface area (Å²) in [5.74, 6) is 0.347. The third-order valence-corrected chi connectivity index (χ3v) is 5.75. The third kappa shape index (κ3) is 6.42. The number of carbonyl (C=O) groups excluding carboxylic acids is 1. The number of carbonyl (C=O) groups is 1. The van der Waals surface area contributed by atoms with Gasteiger partial charge >= 0.3 is 0 Å². The van der Waals surface area contributed by atoms with Gasteiger partial charge in [-0.2, -0.15) is 5.10 Å². The lowest BCUT2D eigenvalue weighted by Gasteiger charge is -2.09. The molecule has 35 heavy (non-hydrogen) atoms. The number of ether oxygens (including phenoxy) is 1. The molecule has 0 heterocycles. The highest BCUT2D eigenvalue weighted by atomic mass is 79.9. The van der Waals surface area contributed by atoms with Crippen LogP contribution in [0, 0.1) is 10.1 Å². The van der Waals surface area contributed by atoms with Gasteiger partial charge in [0.15, 0.2) is 0 Å². The minimum atomic E-state index is -0.439. The van der Waals surface area contributed by atoms with Gasteiger partial charge in [0.05, 0.1) is 22.2 Å². The zero-order chi connectivity index (χ0) is 24.6. The van der Waals surface area contributed by atoms with Crippen LogP contribution in [0.5, 0.6) is 5.75 Å². The molecule has 0 atom stereocenters. The van der Waals surface area contributed by atoms with E-state index in [1.54, 1.807) is 30.5 Å². The van der Waals surface area contributed by atoms with Crippen LogP contribution in [0.4, 0.5) is 11.4 Å². The molecule has 0 fully saturated rings. The van der Waals surface area contributed by atoms with E-state index in [0.717, 1.165) is 27.6 Å². The summed E-state index contributed by atoms with van der Waals surface area (Å²) in [6, 6.07) is 25.5. The number of nitrogens with one attached hydrogen (secondary N) is 2. The minimum Gasteiger partial charge on any atom is -0.488 e. The maximum Gasteiger partial charge on any atom is 0.269 e. The summed E-state index contributed by atoms with van der Waals surface area (Å²) in [6.45, 7) is 0.355. The first kappa shape index (κ1) is 23.9. The number of non-ortho nitro benzene ring substituents is 1. The topological polar surface area (TPSA) is 106 Å². The van der Waals surface area contributed by atoms with Gasteiger partial charge in [-0.1, -0.05) is 36.4 Å². The van der Waals surface area contributed by atoms with E-state index in [1.165, 1.54) is 12.1 Å². The van der Waals surface area contributed by atoms with E-state index < -0.39 is 4.92 Å². The highest BCUT2D eigenvalue weighted by Gasteiger charge is 2.07. The van der Waals surface area contributed by atoms with Crippen molar-refractivity contribution in [2.24, 2.45) is 5.10 Å². The molecule has 1 amide bonds. The highest BCUT2D eigenvalue weighted by Crippen LogP contribution is 2.27. The van der Waals surface area contributed by atoms with Crippen LogP contribution < -0.4 is 15.5 Å². The number of hydrazone groups is 1. The van der Waals surface area contributed by atoms with Gasteiger partial charge in [-0.05, 0) is 68.8 Å². The number of hydrogen-bond acceptors (Lipinski definition) is 6. The average molecular weight is 533 g/mol. The van der Waals surface area contributed by atoms with E-state index in [1.807, 2.05) is 48.5 Å². The molecule has 0 unspecified atom stereocenters. The van der Waals surface area contributed by atoms with E-state index >= 15 is 0 Å². The molecule has 0 radical (unpaired) electrons. The Hall–Kier alpha value is -4.24. The van der Waals surface area contributed by atoms with Crippen molar-refractivity contribution in [3.63, 3.8) is 0 Å². The van der Waals surface area contributed by atoms with Gasteiger partial charge in [0.1, 0.15) is 12.4 Å². The fourth-order valence-corrected chi connectivity index (χ4v) is 3.87. The summed E-state index contributed by atoms with van der Waals surface area (Å²) in [5, 5.41) is 20.1. The summed E-state index contributed by atoms with van der Waals surface area (Å²) in [5.41, 5.74) is 5.02. The van der Waals surface area contributed by atoms with E-state index in [-0.39, 0.29) is 24.7 Å². The SMILES string of the molecule is O=C(CNc1cccc2ccccc12)N/N=C\c1ccc(OCc2ccc([N+](=O)[O-])cc2)c(Br)c1. The van der Waals surface area contributed by atoms with Gasteiger partial charge in [0, 0.05) is 23.2 Å². The third-order valence-electron chi connectivity index (χ3n) is 5.13. The van der Waals surface area contributed by atoms with Crippen molar-refractivity contribution in [1.82, 2.24) is 5.43 Å². The van der Waals surface area contributed by atoms with Gasteiger partial charge in [-0.25, -0.2) is 5.43 Å². The summed E-state index contributed by atoms with van der Waals surface area (Å²) in [7, 11) is 0. The number of hydrogen-bond donors (Lipinski definition) is 2. The Kier molecular flexibility index (Phi) is 7.69. The first-order valence-electron chi connectivity index (χ1n) is 10.7. The number of benzene rings is 4. The number of nitrogens with zero attached hydrogens (tertiary/aromatic N) is 2. The Labute approximate surface area is 209 Å². The van der Waals surface area contributed by atoms with Crippen LogP contribution >= 0.6 is 15.9 Å². The van der Waals surface area contributed by atoms with Gasteiger partial charge in [0.2, 0.25) is 0 Å². The number of fused-ring (bicyclic) bond motifs is 1. The quantitative estimate of drug-likeness (QED) is 0.164. The van der Waals surface area contributed by atoms with Crippen LogP contribution in [0.2, 0.25) is 0 Å². The lowest BCUT2D eigenvalue weighted by molar-refractivity contribution is -0.384. The Morgan fingerprint density at radius 1 is 1.03 bits per heavy atom. The zero-order valence-electron chi connectivity index (χ0n) is 18.5. The molecule has 4 aromatic rings. The zero-order valence-corrected chi connectivity index (χ0v) is 20.1. The molecule has 0 aromatic heterocycles. The molecule has 0 aliphatic carbocycles. The number of nitro benzene ring substituents is 1. The molecule has 176 valence electrons. The van der Waals surface area contributed by atoms with Crippen LogP contribution in [0.3, 0.4) is 0 Å². The molecule has 0 bridgehead atoms. The highest BCUT2D eigenvalue weighted by molar-refractivity contribution is 9.10. The van der Waals surface area contributed by atoms with Gasteiger partial charge in [-0.15, -0.1) is 0 Å². The van der Waals surface area contributed by atoms with Crippen molar-refractivity contribution in [2.75, 3.05) is 11.9 Å². The number of amides is 1. The molecule has 8 nitrogen and oxygen atoms in total. The summed E-state index contributed by atoms with van der Waals surface area (Å²) in [4.78, 5) is 22.5. The second kappa shape index (κ2) is 11.3. The standard InChI is InChI=1S/C26H21BrN4O4/c27-23-14-19(10-13-25(23)35-17-18-8-11-21(12-9-18)31(33)34)15-29-30-26(32)16-28-24-7-3-5-20-4-1-2-6-22(20)24/h1-15,28H,16-17H2,(H,30,32)/b29-15-. The summed E-state index contributed by atoms with van der Waals surface area (Å²) in [6.07, 6.45) is 1.54. The van der Waals surface area contributed by atoms with Crippen molar-refractivity contribution in [3.05, 3.63) is 111 Å². The lowest BCUT2D eigenvalue weighted by Crippen LogP contribution is -2.25. The minimum absolute atomic E-state index is 0.0370. The predicted octanol–water partition coefficient (Wildman–Crippen LogP) is 5.65. The molecule has 0 saturated heterocycles. The Balaban J connectivity index is 1.27. The maximum absolute atomic E-state index is 12.2.